The first-order valence-electron chi connectivity index (χ1n) is 7.70. The van der Waals surface area contributed by atoms with Gasteiger partial charge in [-0.2, -0.15) is 5.10 Å². The zero-order valence-electron chi connectivity index (χ0n) is 12.6. The summed E-state index contributed by atoms with van der Waals surface area (Å²) >= 11 is 0. The summed E-state index contributed by atoms with van der Waals surface area (Å²) in [5.74, 6) is 0.506. The summed E-state index contributed by atoms with van der Waals surface area (Å²) < 4.78 is 9.17. The van der Waals surface area contributed by atoms with E-state index in [0.717, 1.165) is 24.0 Å². The van der Waals surface area contributed by atoms with E-state index >= 15 is 0 Å². The van der Waals surface area contributed by atoms with Crippen LogP contribution in [0.4, 0.5) is 0 Å². The first-order chi connectivity index (χ1) is 11.3. The first kappa shape index (κ1) is 13.8. The highest BCUT2D eigenvalue weighted by atomic mass is 16.5. The fourth-order valence-electron chi connectivity index (χ4n) is 2.75. The van der Waals surface area contributed by atoms with Crippen molar-refractivity contribution in [2.45, 2.75) is 19.5 Å². The third-order valence-corrected chi connectivity index (χ3v) is 3.92. The summed E-state index contributed by atoms with van der Waals surface area (Å²) in [5, 5.41) is 7.12. The van der Waals surface area contributed by atoms with E-state index in [-0.39, 0.29) is 5.91 Å². The Morgan fingerprint density at radius 2 is 2.26 bits per heavy atom. The molecule has 0 bridgehead atoms. The van der Waals surface area contributed by atoms with Crippen LogP contribution in [0, 0.1) is 0 Å². The molecule has 7 nitrogen and oxygen atoms in total. The molecule has 3 aromatic rings. The summed E-state index contributed by atoms with van der Waals surface area (Å²) in [6.07, 6.45) is 2.67. The van der Waals surface area contributed by atoms with E-state index < -0.39 is 0 Å². The van der Waals surface area contributed by atoms with Gasteiger partial charge < -0.3 is 14.6 Å². The van der Waals surface area contributed by atoms with Crippen LogP contribution < -0.4 is 10.1 Å². The van der Waals surface area contributed by atoms with Gasteiger partial charge in [-0.1, -0.05) is 12.1 Å². The molecule has 1 aliphatic rings. The number of hydrogen-bond donors (Lipinski definition) is 1. The smallest absolute Gasteiger partial charge is 0.271 e. The largest absolute Gasteiger partial charge is 0.476 e. The Balaban J connectivity index is 1.30. The standard InChI is InChI=1S/C16H17N5O2/c22-16(13-10-15-21(19-13)8-9-23-15)17-6-3-7-20-11-18-12-4-1-2-5-14(12)20/h1-2,4-5,10-11H,3,6-9H2,(H,17,22). The molecule has 4 rings (SSSR count). The minimum absolute atomic E-state index is 0.161. The van der Waals surface area contributed by atoms with Crippen molar-refractivity contribution in [1.82, 2.24) is 24.6 Å². The highest BCUT2D eigenvalue weighted by molar-refractivity contribution is 5.92. The maximum absolute atomic E-state index is 12.1. The van der Waals surface area contributed by atoms with Crippen LogP contribution in [0.2, 0.25) is 0 Å². The molecular formula is C16H17N5O2. The molecule has 2 aromatic heterocycles. The van der Waals surface area contributed by atoms with Crippen molar-refractivity contribution in [2.75, 3.05) is 13.2 Å². The lowest BCUT2D eigenvalue weighted by atomic mass is 10.3. The Morgan fingerprint density at radius 1 is 1.35 bits per heavy atom. The number of ether oxygens (including phenoxy) is 1. The number of amides is 1. The Kier molecular flexibility index (Phi) is 3.45. The number of rotatable bonds is 5. The average molecular weight is 311 g/mol. The summed E-state index contributed by atoms with van der Waals surface area (Å²) in [6, 6.07) is 9.71. The van der Waals surface area contributed by atoms with Crippen LogP contribution >= 0.6 is 0 Å². The second-order valence-corrected chi connectivity index (χ2v) is 5.48. The van der Waals surface area contributed by atoms with Crippen LogP contribution in [0.25, 0.3) is 11.0 Å². The van der Waals surface area contributed by atoms with Crippen molar-refractivity contribution in [3.8, 4) is 5.88 Å². The second kappa shape index (κ2) is 5.75. The molecule has 0 aliphatic carbocycles. The lowest BCUT2D eigenvalue weighted by Crippen LogP contribution is -2.26. The van der Waals surface area contributed by atoms with Crippen LogP contribution in [0.15, 0.2) is 36.7 Å². The van der Waals surface area contributed by atoms with E-state index in [1.165, 1.54) is 0 Å². The number of nitrogens with one attached hydrogen (secondary N) is 1. The van der Waals surface area contributed by atoms with Crippen molar-refractivity contribution in [3.05, 3.63) is 42.4 Å². The van der Waals surface area contributed by atoms with Gasteiger partial charge >= 0.3 is 0 Å². The highest BCUT2D eigenvalue weighted by Gasteiger charge is 2.18. The first-order valence-corrected chi connectivity index (χ1v) is 7.70. The van der Waals surface area contributed by atoms with E-state index in [4.69, 9.17) is 4.74 Å². The zero-order valence-corrected chi connectivity index (χ0v) is 12.6. The fraction of sp³-hybridized carbons (Fsp3) is 0.312. The van der Waals surface area contributed by atoms with E-state index in [9.17, 15) is 4.79 Å². The summed E-state index contributed by atoms with van der Waals surface area (Å²) in [7, 11) is 0. The van der Waals surface area contributed by atoms with Gasteiger partial charge in [0, 0.05) is 19.2 Å². The van der Waals surface area contributed by atoms with Crippen molar-refractivity contribution in [2.24, 2.45) is 0 Å². The fourth-order valence-corrected chi connectivity index (χ4v) is 2.75. The summed E-state index contributed by atoms with van der Waals surface area (Å²) in [5.41, 5.74) is 2.51. The van der Waals surface area contributed by atoms with Gasteiger partial charge in [-0.15, -0.1) is 0 Å². The molecule has 0 atom stereocenters. The molecule has 1 aromatic carbocycles. The third kappa shape index (κ3) is 2.65. The maximum atomic E-state index is 12.1. The summed E-state index contributed by atoms with van der Waals surface area (Å²) in [4.78, 5) is 16.4. The molecule has 0 saturated heterocycles. The van der Waals surface area contributed by atoms with Gasteiger partial charge in [0.05, 0.1) is 23.9 Å². The minimum Gasteiger partial charge on any atom is -0.476 e. The monoisotopic (exact) mass is 311 g/mol. The number of carbonyl (C=O) groups excluding carboxylic acids is 1. The molecule has 0 saturated carbocycles. The normalized spacial score (nSPS) is 13.0. The molecule has 7 heteroatoms. The SMILES string of the molecule is O=C(NCCCn1cnc2ccccc21)c1cc2n(n1)CCO2. The van der Waals surface area contributed by atoms with Crippen molar-refractivity contribution < 1.29 is 9.53 Å². The molecule has 3 heterocycles. The lowest BCUT2D eigenvalue weighted by Gasteiger charge is -2.05. The van der Waals surface area contributed by atoms with Gasteiger partial charge in [-0.25, -0.2) is 9.67 Å². The molecule has 1 aliphatic heterocycles. The number of fused-ring (bicyclic) bond motifs is 2. The van der Waals surface area contributed by atoms with Crippen molar-refractivity contribution in [3.63, 3.8) is 0 Å². The third-order valence-electron chi connectivity index (χ3n) is 3.92. The van der Waals surface area contributed by atoms with Gasteiger partial charge in [-0.05, 0) is 18.6 Å². The van der Waals surface area contributed by atoms with Crippen LogP contribution in [-0.2, 0) is 13.1 Å². The van der Waals surface area contributed by atoms with Crippen molar-refractivity contribution in [1.29, 1.82) is 0 Å². The quantitative estimate of drug-likeness (QED) is 0.724. The number of imidazole rings is 1. The molecule has 1 amide bonds. The Morgan fingerprint density at radius 3 is 3.17 bits per heavy atom. The molecule has 0 spiro atoms. The van der Waals surface area contributed by atoms with Gasteiger partial charge in [0.25, 0.3) is 5.91 Å². The maximum Gasteiger partial charge on any atom is 0.271 e. The Hall–Kier alpha value is -2.83. The number of aromatic nitrogens is 4. The number of para-hydroxylation sites is 2. The molecule has 118 valence electrons. The Labute approximate surface area is 132 Å². The van der Waals surface area contributed by atoms with Gasteiger partial charge in [-0.3, -0.25) is 4.79 Å². The van der Waals surface area contributed by atoms with Gasteiger partial charge in [0.2, 0.25) is 5.88 Å². The molecule has 0 fully saturated rings. The van der Waals surface area contributed by atoms with Crippen LogP contribution in [-0.4, -0.2) is 38.4 Å². The molecule has 0 radical (unpaired) electrons. The van der Waals surface area contributed by atoms with E-state index in [2.05, 4.69) is 20.0 Å². The number of hydrogen-bond acceptors (Lipinski definition) is 4. The van der Waals surface area contributed by atoms with E-state index in [1.807, 2.05) is 30.6 Å². The van der Waals surface area contributed by atoms with Gasteiger partial charge in [0.1, 0.15) is 6.61 Å². The predicted molar refractivity (Wildman–Crippen MR) is 84.4 cm³/mol. The predicted octanol–water partition coefficient (Wildman–Crippen LogP) is 1.45. The average Bonchev–Trinajstić information content (AvgIpc) is 3.25. The Bertz CT molecular complexity index is 830. The van der Waals surface area contributed by atoms with Gasteiger partial charge in [0.15, 0.2) is 5.69 Å². The summed E-state index contributed by atoms with van der Waals surface area (Å²) in [6.45, 7) is 2.73. The number of benzene rings is 1. The minimum atomic E-state index is -0.161. The molecule has 1 N–H and O–H groups in total. The van der Waals surface area contributed by atoms with E-state index in [0.29, 0.717) is 31.3 Å². The molecule has 23 heavy (non-hydrogen) atoms. The van der Waals surface area contributed by atoms with Crippen LogP contribution in [0.3, 0.4) is 0 Å². The molecule has 0 unspecified atom stereocenters. The van der Waals surface area contributed by atoms with E-state index in [1.54, 1.807) is 10.7 Å². The topological polar surface area (TPSA) is 74.0 Å². The van der Waals surface area contributed by atoms with Crippen LogP contribution in [0.5, 0.6) is 5.88 Å². The highest BCUT2D eigenvalue weighted by Crippen LogP contribution is 2.18. The molecular weight excluding hydrogens is 294 g/mol. The number of aryl methyl sites for hydroxylation is 1. The van der Waals surface area contributed by atoms with Crippen molar-refractivity contribution >= 4 is 16.9 Å². The van der Waals surface area contributed by atoms with Crippen LogP contribution in [0.1, 0.15) is 16.9 Å². The second-order valence-electron chi connectivity index (χ2n) is 5.48. The zero-order chi connectivity index (χ0) is 15.6. The number of nitrogens with zero attached hydrogens (tertiary/aromatic N) is 4. The lowest BCUT2D eigenvalue weighted by molar-refractivity contribution is 0.0946. The number of carbonyl (C=O) groups is 1.